The van der Waals surface area contributed by atoms with E-state index in [0.717, 1.165) is 48.1 Å². The van der Waals surface area contributed by atoms with Crippen LogP contribution in [0.5, 0.6) is 5.75 Å². The summed E-state index contributed by atoms with van der Waals surface area (Å²) in [7, 11) is 2.11. The zero-order valence-electron chi connectivity index (χ0n) is 20.4. The molecule has 8 nitrogen and oxygen atoms in total. The Morgan fingerprint density at radius 1 is 1.21 bits per heavy atom. The zero-order valence-corrected chi connectivity index (χ0v) is 20.4. The van der Waals surface area contributed by atoms with E-state index in [2.05, 4.69) is 30.4 Å². The van der Waals surface area contributed by atoms with Gasteiger partial charge in [-0.15, -0.1) is 0 Å². The quantitative estimate of drug-likeness (QED) is 0.668. The molecule has 1 atom stereocenters. The molecule has 4 aliphatic rings. The first kappa shape index (κ1) is 21.9. The summed E-state index contributed by atoms with van der Waals surface area (Å²) in [4.78, 5) is 24.3. The highest BCUT2D eigenvalue weighted by Gasteiger charge is 2.49. The molecule has 3 fully saturated rings. The number of aromatic nitrogens is 3. The third-order valence-corrected chi connectivity index (χ3v) is 7.89. The molecule has 0 unspecified atom stereocenters. The molecular formula is C26H34N4O4. The third-order valence-electron chi connectivity index (χ3n) is 7.89. The summed E-state index contributed by atoms with van der Waals surface area (Å²) >= 11 is 0. The second kappa shape index (κ2) is 7.97. The van der Waals surface area contributed by atoms with E-state index in [9.17, 15) is 4.79 Å². The number of pyridine rings is 1. The first-order valence-electron chi connectivity index (χ1n) is 12.6. The Kier molecular flexibility index (Phi) is 5.13. The van der Waals surface area contributed by atoms with E-state index in [1.165, 1.54) is 12.8 Å². The van der Waals surface area contributed by atoms with Crippen LogP contribution in [-0.2, 0) is 22.1 Å². The molecule has 1 amide bonds. The number of nitrogens with zero attached hydrogens (tertiary/aromatic N) is 4. The number of hydrogen-bond donors (Lipinski definition) is 0. The van der Waals surface area contributed by atoms with Crippen molar-refractivity contribution in [3.05, 3.63) is 29.8 Å². The van der Waals surface area contributed by atoms with Crippen molar-refractivity contribution >= 4 is 6.09 Å². The molecule has 5 heterocycles. The van der Waals surface area contributed by atoms with Crippen LogP contribution in [0.2, 0.25) is 0 Å². The summed E-state index contributed by atoms with van der Waals surface area (Å²) in [5.74, 6) is 2.74. The van der Waals surface area contributed by atoms with E-state index < -0.39 is 5.60 Å². The Morgan fingerprint density at radius 2 is 2.00 bits per heavy atom. The largest absolute Gasteiger partial charge is 0.478 e. The average Bonchev–Trinajstić information content (AvgIpc) is 3.58. The average molecular weight is 467 g/mol. The van der Waals surface area contributed by atoms with Crippen LogP contribution in [0.15, 0.2) is 18.3 Å². The van der Waals surface area contributed by atoms with Gasteiger partial charge in [0, 0.05) is 51.7 Å². The molecular weight excluding hydrogens is 432 g/mol. The number of carbonyl (C=O) groups excluding carboxylic acids is 1. The fourth-order valence-corrected chi connectivity index (χ4v) is 5.88. The minimum atomic E-state index is -0.528. The Balaban J connectivity index is 1.32. The van der Waals surface area contributed by atoms with Gasteiger partial charge in [0.1, 0.15) is 23.0 Å². The van der Waals surface area contributed by atoms with Crippen LogP contribution in [0.4, 0.5) is 4.79 Å². The molecule has 1 spiro atoms. The van der Waals surface area contributed by atoms with Gasteiger partial charge in [-0.05, 0) is 57.6 Å². The lowest BCUT2D eigenvalue weighted by Gasteiger charge is -2.44. The summed E-state index contributed by atoms with van der Waals surface area (Å²) < 4.78 is 20.5. The van der Waals surface area contributed by atoms with E-state index in [1.807, 2.05) is 17.0 Å². The van der Waals surface area contributed by atoms with Crippen LogP contribution in [0.25, 0.3) is 11.4 Å². The number of likely N-dealkylation sites (tertiary alicyclic amines) is 1. The third kappa shape index (κ3) is 3.76. The van der Waals surface area contributed by atoms with E-state index in [4.69, 9.17) is 19.2 Å². The number of rotatable bonds is 3. The first-order chi connectivity index (χ1) is 16.4. The van der Waals surface area contributed by atoms with Crippen molar-refractivity contribution in [1.29, 1.82) is 0 Å². The van der Waals surface area contributed by atoms with Crippen LogP contribution in [-0.4, -0.2) is 57.4 Å². The Morgan fingerprint density at radius 3 is 2.74 bits per heavy atom. The molecule has 6 rings (SSSR count). The number of imidazole rings is 1. The van der Waals surface area contributed by atoms with E-state index in [-0.39, 0.29) is 11.7 Å². The fraction of sp³-hybridized carbons (Fsp3) is 0.654. The maximum Gasteiger partial charge on any atom is 0.409 e. The lowest BCUT2D eigenvalue weighted by Crippen LogP contribution is -2.50. The van der Waals surface area contributed by atoms with Crippen LogP contribution < -0.4 is 4.74 Å². The van der Waals surface area contributed by atoms with Gasteiger partial charge in [-0.25, -0.2) is 9.78 Å². The molecule has 0 aromatic carbocycles. The molecule has 182 valence electrons. The minimum Gasteiger partial charge on any atom is -0.478 e. The molecule has 1 aliphatic carbocycles. The van der Waals surface area contributed by atoms with E-state index >= 15 is 0 Å². The Bertz CT molecular complexity index is 1100. The van der Waals surface area contributed by atoms with Gasteiger partial charge >= 0.3 is 6.09 Å². The molecule has 2 saturated heterocycles. The molecule has 2 aromatic rings. The van der Waals surface area contributed by atoms with Crippen molar-refractivity contribution in [2.45, 2.75) is 69.5 Å². The fourth-order valence-electron chi connectivity index (χ4n) is 5.88. The second-order valence-electron chi connectivity index (χ2n) is 11.0. The second-order valence-corrected chi connectivity index (χ2v) is 11.0. The number of piperidine rings is 1. The van der Waals surface area contributed by atoms with Crippen LogP contribution in [0.1, 0.15) is 69.8 Å². The highest BCUT2D eigenvalue weighted by Crippen LogP contribution is 2.50. The van der Waals surface area contributed by atoms with Gasteiger partial charge in [0.25, 0.3) is 0 Å². The number of amides is 1. The van der Waals surface area contributed by atoms with Gasteiger partial charge in [-0.2, -0.15) is 0 Å². The van der Waals surface area contributed by atoms with Gasteiger partial charge in [0.05, 0.1) is 17.9 Å². The first-order valence-corrected chi connectivity index (χ1v) is 12.6. The van der Waals surface area contributed by atoms with Gasteiger partial charge in [-0.3, -0.25) is 4.98 Å². The molecule has 0 N–H and O–H groups in total. The molecule has 1 saturated carbocycles. The Hall–Kier alpha value is -2.61. The predicted molar refractivity (Wildman–Crippen MR) is 126 cm³/mol. The molecule has 3 aliphatic heterocycles. The number of carbonyl (C=O) groups is 1. The molecule has 2 aromatic heterocycles. The highest BCUT2D eigenvalue weighted by molar-refractivity contribution is 5.70. The van der Waals surface area contributed by atoms with Crippen LogP contribution >= 0.6 is 0 Å². The topological polar surface area (TPSA) is 78.7 Å². The monoisotopic (exact) mass is 466 g/mol. The smallest absolute Gasteiger partial charge is 0.409 e. The lowest BCUT2D eigenvalue weighted by molar-refractivity contribution is -0.0607. The van der Waals surface area contributed by atoms with Crippen molar-refractivity contribution in [3.63, 3.8) is 0 Å². The molecule has 8 heteroatoms. The van der Waals surface area contributed by atoms with Gasteiger partial charge in [-0.1, -0.05) is 0 Å². The van der Waals surface area contributed by atoms with Crippen molar-refractivity contribution in [2.24, 2.45) is 13.0 Å². The number of ether oxygens (including phenoxy) is 3. The van der Waals surface area contributed by atoms with Crippen molar-refractivity contribution in [3.8, 4) is 17.1 Å². The standard InChI is InChI=1S/C26H34N4O4/c1-25(2)15-18(8-14-33-25)23-28-21-20-19(5-4-11-27-20)34-26(22(21)29(23)3)9-12-30(13-10-26)24(31)32-16-17-6-7-17/h4-5,11,17-18H,6-10,12-16H2,1-3H3/t18-/m1/s1. The minimum absolute atomic E-state index is 0.161. The summed E-state index contributed by atoms with van der Waals surface area (Å²) in [6.07, 6.45) is 7.23. The van der Waals surface area contributed by atoms with Gasteiger partial charge < -0.3 is 23.7 Å². The van der Waals surface area contributed by atoms with Gasteiger partial charge in [0.2, 0.25) is 0 Å². The summed E-state index contributed by atoms with van der Waals surface area (Å²) in [5.41, 5.74) is 2.13. The zero-order chi connectivity index (χ0) is 23.5. The molecule has 34 heavy (non-hydrogen) atoms. The number of fused-ring (bicyclic) bond motifs is 4. The number of hydrogen-bond acceptors (Lipinski definition) is 6. The predicted octanol–water partition coefficient (Wildman–Crippen LogP) is 4.38. The van der Waals surface area contributed by atoms with Gasteiger partial charge in [0.15, 0.2) is 5.60 Å². The molecule has 0 radical (unpaired) electrons. The van der Waals surface area contributed by atoms with Crippen molar-refractivity contribution in [1.82, 2.24) is 19.4 Å². The Labute approximate surface area is 200 Å². The summed E-state index contributed by atoms with van der Waals surface area (Å²) in [6, 6.07) is 3.89. The maximum absolute atomic E-state index is 12.6. The van der Waals surface area contributed by atoms with Crippen molar-refractivity contribution in [2.75, 3.05) is 26.3 Å². The summed E-state index contributed by atoms with van der Waals surface area (Å²) in [5, 5.41) is 0. The normalized spacial score (nSPS) is 24.8. The summed E-state index contributed by atoms with van der Waals surface area (Å²) in [6.45, 7) is 6.80. The van der Waals surface area contributed by atoms with Crippen LogP contribution in [0, 0.1) is 5.92 Å². The SMILES string of the molecule is Cn1c([C@@H]2CCOC(C)(C)C2)nc2c1C1(CCN(C(=O)OCC3CC3)CC1)Oc1cccnc1-2. The lowest BCUT2D eigenvalue weighted by atomic mass is 9.84. The highest BCUT2D eigenvalue weighted by atomic mass is 16.6. The van der Waals surface area contributed by atoms with Crippen LogP contribution in [0.3, 0.4) is 0 Å². The van der Waals surface area contributed by atoms with E-state index in [1.54, 1.807) is 6.20 Å². The maximum atomic E-state index is 12.6. The molecule has 0 bridgehead atoms. The van der Waals surface area contributed by atoms with E-state index in [0.29, 0.717) is 44.4 Å². The van der Waals surface area contributed by atoms with Crippen molar-refractivity contribution < 1.29 is 19.0 Å².